The van der Waals surface area contributed by atoms with Gasteiger partial charge in [0.1, 0.15) is 5.82 Å². The molecule has 0 bridgehead atoms. The minimum atomic E-state index is -0.353. The van der Waals surface area contributed by atoms with E-state index in [9.17, 15) is 10.1 Å². The van der Waals surface area contributed by atoms with Crippen molar-refractivity contribution in [2.45, 2.75) is 31.9 Å². The number of likely N-dealkylation sites (tertiary alicyclic amines) is 1. The van der Waals surface area contributed by atoms with Crippen LogP contribution in [0, 0.1) is 11.3 Å². The van der Waals surface area contributed by atoms with Crippen molar-refractivity contribution in [1.29, 1.82) is 5.26 Å². The number of hydrogen-bond donors (Lipinski definition) is 2. The van der Waals surface area contributed by atoms with Crippen molar-refractivity contribution < 1.29 is 9.53 Å². The van der Waals surface area contributed by atoms with E-state index in [1.807, 2.05) is 31.3 Å². The number of fused-ring (bicyclic) bond motifs is 1. The molecule has 0 radical (unpaired) electrons. The number of benzene rings is 1. The lowest BCUT2D eigenvalue weighted by atomic mass is 9.92. The number of ether oxygens (including phenoxy) is 1. The highest BCUT2D eigenvalue weighted by Crippen LogP contribution is 2.27. The number of pyridine rings is 1. The first-order chi connectivity index (χ1) is 18.1. The zero-order valence-electron chi connectivity index (χ0n) is 21.0. The molecule has 3 aliphatic heterocycles. The summed E-state index contributed by atoms with van der Waals surface area (Å²) in [5, 5.41) is 17.8. The van der Waals surface area contributed by atoms with E-state index in [2.05, 4.69) is 57.5 Å². The molecule has 1 saturated heterocycles. The highest BCUT2D eigenvalue weighted by Gasteiger charge is 2.23. The quantitative estimate of drug-likeness (QED) is 0.643. The second-order valence-electron chi connectivity index (χ2n) is 9.53. The number of aromatic nitrogens is 1. The number of carbonyl (C=O) groups excluding carboxylic acids is 1. The number of nitriles is 1. The summed E-state index contributed by atoms with van der Waals surface area (Å²) in [7, 11) is 0. The molecular weight excluding hydrogens is 462 g/mol. The predicted molar refractivity (Wildman–Crippen MR) is 143 cm³/mol. The molecule has 3 aliphatic rings. The van der Waals surface area contributed by atoms with Gasteiger partial charge in [0.05, 0.1) is 36.6 Å². The maximum atomic E-state index is 12.9. The molecule has 7 heteroatoms. The lowest BCUT2D eigenvalue weighted by molar-refractivity contribution is 0.0952. The molecule has 188 valence electrons. The molecule has 2 N–H and O–H groups in total. The number of nitrogens with zero attached hydrogens (tertiary/aromatic N) is 3. The normalized spacial score (nSPS) is 21.3. The van der Waals surface area contributed by atoms with Crippen molar-refractivity contribution in [2.75, 3.05) is 26.2 Å². The minimum Gasteiger partial charge on any atom is -0.375 e. The molecular formula is C30H31N5O2. The Morgan fingerprint density at radius 3 is 3.00 bits per heavy atom. The summed E-state index contributed by atoms with van der Waals surface area (Å²) in [6.45, 7) is 9.42. The Morgan fingerprint density at radius 1 is 1.38 bits per heavy atom. The third-order valence-electron chi connectivity index (χ3n) is 6.98. The molecule has 7 nitrogen and oxygen atoms in total. The molecule has 2 aromatic rings. The van der Waals surface area contributed by atoms with Crippen molar-refractivity contribution in [2.24, 2.45) is 0 Å². The van der Waals surface area contributed by atoms with Crippen LogP contribution < -0.4 is 21.2 Å². The Morgan fingerprint density at radius 2 is 2.24 bits per heavy atom. The van der Waals surface area contributed by atoms with Gasteiger partial charge < -0.3 is 20.3 Å². The first kappa shape index (κ1) is 24.5. The van der Waals surface area contributed by atoms with E-state index in [4.69, 9.17) is 4.74 Å². The van der Waals surface area contributed by atoms with Gasteiger partial charge in [-0.1, -0.05) is 30.9 Å². The number of amides is 1. The fraction of sp³-hybridized carbons (Fsp3) is 0.300. The molecule has 1 aromatic heterocycles. The van der Waals surface area contributed by atoms with Gasteiger partial charge in [-0.15, -0.1) is 0 Å². The molecule has 1 aromatic carbocycles. The van der Waals surface area contributed by atoms with Crippen LogP contribution in [0.15, 0.2) is 66.7 Å². The van der Waals surface area contributed by atoms with Gasteiger partial charge in [0.25, 0.3) is 5.91 Å². The van der Waals surface area contributed by atoms with Gasteiger partial charge in [0.2, 0.25) is 0 Å². The maximum absolute atomic E-state index is 12.9. The summed E-state index contributed by atoms with van der Waals surface area (Å²) in [5.74, 6) is 0.601. The van der Waals surface area contributed by atoms with E-state index in [-0.39, 0.29) is 17.9 Å². The van der Waals surface area contributed by atoms with E-state index >= 15 is 0 Å². The van der Waals surface area contributed by atoms with Gasteiger partial charge in [-0.25, -0.2) is 0 Å². The Balaban J connectivity index is 1.28. The second-order valence-corrected chi connectivity index (χ2v) is 9.53. The second kappa shape index (κ2) is 10.9. The Hall–Kier alpha value is -4.15. The molecule has 0 saturated carbocycles. The van der Waals surface area contributed by atoms with Gasteiger partial charge in [-0.2, -0.15) is 5.26 Å². The highest BCUT2D eigenvalue weighted by atomic mass is 16.5. The van der Waals surface area contributed by atoms with Crippen molar-refractivity contribution in [3.63, 3.8) is 0 Å². The molecule has 4 heterocycles. The molecule has 0 aliphatic carbocycles. The first-order valence-electron chi connectivity index (χ1n) is 12.7. The van der Waals surface area contributed by atoms with Crippen LogP contribution in [0.25, 0.3) is 12.2 Å². The Bertz CT molecular complexity index is 1450. The number of rotatable bonds is 6. The predicted octanol–water partition coefficient (Wildman–Crippen LogP) is 2.53. The molecule has 1 fully saturated rings. The van der Waals surface area contributed by atoms with Gasteiger partial charge in [0.15, 0.2) is 0 Å². The van der Waals surface area contributed by atoms with Crippen molar-refractivity contribution in [3.05, 3.63) is 99.5 Å². The summed E-state index contributed by atoms with van der Waals surface area (Å²) in [4.78, 5) is 19.9. The average molecular weight is 494 g/mol. The standard InChI is InChI=1S/C30H31N5O2/c1-3-27-23(13-24(17-32-27)28-6-4-7-29(34-28)35-10-5-11-35)12-20(2)16-33-30(36)21-8-9-22-18-37-19-25(15-31)26(22)14-21/h3-4,6-9,12-14,17,25,28,34H,2,5,10-11,16,18-19H2,1H3,(H,33,36)/b23-12-,27-3+. The first-order valence-corrected chi connectivity index (χ1v) is 12.7. The number of nitrogens with one attached hydrogen (secondary N) is 2. The number of hydrogen-bond acceptors (Lipinski definition) is 6. The lowest BCUT2D eigenvalue weighted by Gasteiger charge is -2.38. The maximum Gasteiger partial charge on any atom is 0.251 e. The number of allylic oxidation sites excluding steroid dienone is 2. The summed E-state index contributed by atoms with van der Waals surface area (Å²) in [5.41, 5.74) is 4.19. The van der Waals surface area contributed by atoms with Gasteiger partial charge in [-0.3, -0.25) is 9.78 Å². The van der Waals surface area contributed by atoms with E-state index in [1.54, 1.807) is 12.1 Å². The van der Waals surface area contributed by atoms with Crippen molar-refractivity contribution >= 4 is 18.1 Å². The van der Waals surface area contributed by atoms with Crippen LogP contribution >= 0.6 is 0 Å². The fourth-order valence-corrected chi connectivity index (χ4v) is 4.74. The van der Waals surface area contributed by atoms with Crippen molar-refractivity contribution in [1.82, 2.24) is 20.5 Å². The number of dihydropyridines is 1. The van der Waals surface area contributed by atoms with E-state index in [0.29, 0.717) is 25.3 Å². The van der Waals surface area contributed by atoms with E-state index < -0.39 is 0 Å². The van der Waals surface area contributed by atoms with Crippen LogP contribution in [-0.2, 0) is 11.3 Å². The average Bonchev–Trinajstić information content (AvgIpc) is 2.90. The van der Waals surface area contributed by atoms with Gasteiger partial charge in [-0.05, 0) is 66.0 Å². The van der Waals surface area contributed by atoms with E-state index in [0.717, 1.165) is 51.7 Å². The summed E-state index contributed by atoms with van der Waals surface area (Å²) in [6, 6.07) is 9.88. The van der Waals surface area contributed by atoms with Crippen LogP contribution in [0.3, 0.4) is 0 Å². The molecule has 5 rings (SSSR count). The third kappa shape index (κ3) is 5.35. The van der Waals surface area contributed by atoms with Crippen LogP contribution in [0.1, 0.15) is 52.4 Å². The van der Waals surface area contributed by atoms with Crippen LogP contribution in [0.5, 0.6) is 0 Å². The summed E-state index contributed by atoms with van der Waals surface area (Å²) < 4.78 is 5.47. The highest BCUT2D eigenvalue weighted by molar-refractivity contribution is 5.94. The Labute approximate surface area is 217 Å². The zero-order chi connectivity index (χ0) is 25.8. The monoisotopic (exact) mass is 493 g/mol. The van der Waals surface area contributed by atoms with Crippen LogP contribution in [-0.4, -0.2) is 42.0 Å². The third-order valence-corrected chi connectivity index (χ3v) is 6.98. The minimum absolute atomic E-state index is 0.0470. The summed E-state index contributed by atoms with van der Waals surface area (Å²) >= 11 is 0. The molecule has 0 spiro atoms. The summed E-state index contributed by atoms with van der Waals surface area (Å²) in [6.07, 6.45) is 13.4. The lowest BCUT2D eigenvalue weighted by Crippen LogP contribution is -2.43. The topological polar surface area (TPSA) is 90.3 Å². The fourth-order valence-electron chi connectivity index (χ4n) is 4.74. The molecule has 2 atom stereocenters. The SMILES string of the molecule is C=C(/C=c1/cc(C2C=CC=C(N3CCC3)N2)cn/c1=C/C)CNC(=O)c1ccc2c(c1)C(C#N)COC2. The zero-order valence-corrected chi connectivity index (χ0v) is 21.0. The van der Waals surface area contributed by atoms with Crippen LogP contribution in [0.4, 0.5) is 0 Å². The number of carbonyl (C=O) groups is 1. The van der Waals surface area contributed by atoms with Crippen LogP contribution in [0.2, 0.25) is 0 Å². The van der Waals surface area contributed by atoms with E-state index in [1.165, 1.54) is 6.42 Å². The smallest absolute Gasteiger partial charge is 0.251 e. The molecule has 37 heavy (non-hydrogen) atoms. The van der Waals surface area contributed by atoms with Gasteiger partial charge in [0, 0.05) is 36.6 Å². The van der Waals surface area contributed by atoms with Gasteiger partial charge >= 0.3 is 0 Å². The van der Waals surface area contributed by atoms with Crippen molar-refractivity contribution in [3.8, 4) is 6.07 Å². The Kier molecular flexibility index (Phi) is 7.20. The molecule has 1 amide bonds. The largest absolute Gasteiger partial charge is 0.375 e. The molecule has 2 unspecified atom stereocenters.